The minimum absolute atomic E-state index is 0.398. The molecule has 0 atom stereocenters. The Morgan fingerprint density at radius 1 is 1.31 bits per heavy atom. The third-order valence-electron chi connectivity index (χ3n) is 2.16. The van der Waals surface area contributed by atoms with Crippen LogP contribution in [0.5, 0.6) is 0 Å². The first-order chi connectivity index (χ1) is 7.79. The molecule has 0 saturated carbocycles. The first kappa shape index (κ1) is 11.0. The van der Waals surface area contributed by atoms with Crippen molar-refractivity contribution in [3.8, 4) is 0 Å². The summed E-state index contributed by atoms with van der Waals surface area (Å²) >= 11 is 5.58. The van der Waals surface area contributed by atoms with E-state index in [2.05, 4.69) is 15.5 Å². The Hall–Kier alpha value is -1.55. The van der Waals surface area contributed by atoms with Gasteiger partial charge >= 0.3 is 6.01 Å². The highest BCUT2D eigenvalue weighted by molar-refractivity contribution is 6.17. The predicted octanol–water partition coefficient (Wildman–Crippen LogP) is 2.90. The summed E-state index contributed by atoms with van der Waals surface area (Å²) in [6.07, 6.45) is 0.587. The largest absolute Gasteiger partial charge is 0.408 e. The first-order valence-electron chi connectivity index (χ1n) is 5.00. The van der Waals surface area contributed by atoms with E-state index in [1.54, 1.807) is 0 Å². The van der Waals surface area contributed by atoms with Gasteiger partial charge in [-0.2, -0.15) is 0 Å². The van der Waals surface area contributed by atoms with Crippen LogP contribution >= 0.6 is 11.6 Å². The highest BCUT2D eigenvalue weighted by Crippen LogP contribution is 2.18. The van der Waals surface area contributed by atoms with Crippen molar-refractivity contribution in [2.24, 2.45) is 0 Å². The second kappa shape index (κ2) is 4.99. The Kier molecular flexibility index (Phi) is 3.41. The lowest BCUT2D eigenvalue weighted by Gasteiger charge is -2.03. The van der Waals surface area contributed by atoms with Crippen molar-refractivity contribution in [2.75, 3.05) is 11.2 Å². The number of alkyl halides is 1. The van der Waals surface area contributed by atoms with Crippen LogP contribution in [0.2, 0.25) is 0 Å². The zero-order valence-electron chi connectivity index (χ0n) is 8.90. The summed E-state index contributed by atoms with van der Waals surface area (Å²) in [5.41, 5.74) is 2.09. The summed E-state index contributed by atoms with van der Waals surface area (Å²) in [7, 11) is 0. The molecule has 0 aliphatic heterocycles. The summed E-state index contributed by atoms with van der Waals surface area (Å²) in [4.78, 5) is 0. The summed E-state index contributed by atoms with van der Waals surface area (Å²) in [5.74, 6) is 1.03. The van der Waals surface area contributed by atoms with E-state index in [0.717, 1.165) is 11.3 Å². The number of hydrogen-bond acceptors (Lipinski definition) is 4. The van der Waals surface area contributed by atoms with Crippen LogP contribution in [0, 0.1) is 6.92 Å². The number of halogens is 1. The molecule has 4 nitrogen and oxygen atoms in total. The molecular formula is C11H12ClN3O. The molecule has 2 aromatic rings. The average molecular weight is 238 g/mol. The van der Waals surface area contributed by atoms with Crippen LogP contribution in [0.4, 0.5) is 11.7 Å². The van der Waals surface area contributed by atoms with Gasteiger partial charge < -0.3 is 9.73 Å². The SMILES string of the molecule is Cc1ccccc1Nc1nnc(CCCl)o1. The molecule has 0 aliphatic carbocycles. The number of nitrogens with zero attached hydrogens (tertiary/aromatic N) is 2. The molecule has 0 saturated heterocycles. The fourth-order valence-electron chi connectivity index (χ4n) is 1.31. The molecule has 0 bridgehead atoms. The van der Waals surface area contributed by atoms with Crippen molar-refractivity contribution in [3.63, 3.8) is 0 Å². The number of para-hydroxylation sites is 1. The quantitative estimate of drug-likeness (QED) is 0.831. The van der Waals surface area contributed by atoms with E-state index in [-0.39, 0.29) is 0 Å². The van der Waals surface area contributed by atoms with Crippen LogP contribution in [0.1, 0.15) is 11.5 Å². The third-order valence-corrected chi connectivity index (χ3v) is 2.35. The lowest BCUT2D eigenvalue weighted by atomic mass is 10.2. The topological polar surface area (TPSA) is 51.0 Å². The van der Waals surface area contributed by atoms with Gasteiger partial charge in [-0.15, -0.1) is 16.7 Å². The van der Waals surface area contributed by atoms with E-state index >= 15 is 0 Å². The molecule has 1 aromatic carbocycles. The summed E-state index contributed by atoms with van der Waals surface area (Å²) in [6, 6.07) is 8.30. The zero-order chi connectivity index (χ0) is 11.4. The van der Waals surface area contributed by atoms with Crippen LogP contribution in [-0.4, -0.2) is 16.1 Å². The Morgan fingerprint density at radius 2 is 2.12 bits per heavy atom. The molecule has 0 fully saturated rings. The number of benzene rings is 1. The van der Waals surface area contributed by atoms with E-state index in [9.17, 15) is 0 Å². The van der Waals surface area contributed by atoms with Gasteiger partial charge in [-0.3, -0.25) is 0 Å². The van der Waals surface area contributed by atoms with Crippen LogP contribution in [-0.2, 0) is 6.42 Å². The molecule has 0 spiro atoms. The van der Waals surface area contributed by atoms with E-state index in [4.69, 9.17) is 16.0 Å². The molecule has 1 heterocycles. The van der Waals surface area contributed by atoms with Crippen molar-refractivity contribution in [1.82, 2.24) is 10.2 Å². The maximum absolute atomic E-state index is 5.58. The molecule has 2 rings (SSSR count). The molecule has 0 amide bonds. The minimum atomic E-state index is 0.398. The summed E-state index contributed by atoms with van der Waals surface area (Å²) < 4.78 is 5.37. The number of hydrogen-bond donors (Lipinski definition) is 1. The van der Waals surface area contributed by atoms with E-state index in [1.807, 2.05) is 31.2 Å². The smallest absolute Gasteiger partial charge is 0.320 e. The number of aromatic nitrogens is 2. The molecule has 5 heteroatoms. The average Bonchev–Trinajstić information content (AvgIpc) is 2.70. The summed E-state index contributed by atoms with van der Waals surface area (Å²) in [6.45, 7) is 2.01. The Bertz CT molecular complexity index is 470. The van der Waals surface area contributed by atoms with Gasteiger partial charge in [-0.1, -0.05) is 23.3 Å². The van der Waals surface area contributed by atoms with Crippen molar-refractivity contribution in [1.29, 1.82) is 0 Å². The number of rotatable bonds is 4. The van der Waals surface area contributed by atoms with Crippen molar-refractivity contribution >= 4 is 23.3 Å². The molecule has 16 heavy (non-hydrogen) atoms. The number of nitrogens with one attached hydrogen (secondary N) is 1. The van der Waals surface area contributed by atoms with Gasteiger partial charge in [0.2, 0.25) is 5.89 Å². The van der Waals surface area contributed by atoms with Crippen molar-refractivity contribution in [3.05, 3.63) is 35.7 Å². The molecule has 0 unspecified atom stereocenters. The maximum Gasteiger partial charge on any atom is 0.320 e. The minimum Gasteiger partial charge on any atom is -0.408 e. The van der Waals surface area contributed by atoms with E-state index in [0.29, 0.717) is 24.2 Å². The second-order valence-corrected chi connectivity index (χ2v) is 3.76. The van der Waals surface area contributed by atoms with E-state index in [1.165, 1.54) is 0 Å². The van der Waals surface area contributed by atoms with Crippen LogP contribution in [0.25, 0.3) is 0 Å². The van der Waals surface area contributed by atoms with Crippen molar-refractivity contribution in [2.45, 2.75) is 13.3 Å². The van der Waals surface area contributed by atoms with Crippen LogP contribution < -0.4 is 5.32 Å². The van der Waals surface area contributed by atoms with Gasteiger partial charge in [0.05, 0.1) is 0 Å². The summed E-state index contributed by atoms with van der Waals surface area (Å²) in [5, 5.41) is 10.8. The molecule has 0 radical (unpaired) electrons. The molecule has 1 N–H and O–H groups in total. The fourth-order valence-corrected chi connectivity index (χ4v) is 1.48. The van der Waals surface area contributed by atoms with Gasteiger partial charge in [0.15, 0.2) is 0 Å². The van der Waals surface area contributed by atoms with Gasteiger partial charge in [-0.25, -0.2) is 0 Å². The highest BCUT2D eigenvalue weighted by atomic mass is 35.5. The van der Waals surface area contributed by atoms with Crippen LogP contribution in [0.15, 0.2) is 28.7 Å². The van der Waals surface area contributed by atoms with Gasteiger partial charge in [0, 0.05) is 18.0 Å². The molecular weight excluding hydrogens is 226 g/mol. The van der Waals surface area contributed by atoms with Gasteiger partial charge in [-0.05, 0) is 18.6 Å². The van der Waals surface area contributed by atoms with E-state index < -0.39 is 0 Å². The Balaban J connectivity index is 2.11. The highest BCUT2D eigenvalue weighted by Gasteiger charge is 2.06. The normalized spacial score (nSPS) is 10.4. The standard InChI is InChI=1S/C11H12ClN3O/c1-8-4-2-3-5-9(8)13-11-15-14-10(16-11)6-7-12/h2-5H,6-7H2,1H3,(H,13,15). The number of aryl methyl sites for hydroxylation is 2. The zero-order valence-corrected chi connectivity index (χ0v) is 9.66. The van der Waals surface area contributed by atoms with Gasteiger partial charge in [0.25, 0.3) is 0 Å². The second-order valence-electron chi connectivity index (χ2n) is 3.38. The molecule has 1 aromatic heterocycles. The monoisotopic (exact) mass is 237 g/mol. The van der Waals surface area contributed by atoms with Crippen LogP contribution in [0.3, 0.4) is 0 Å². The van der Waals surface area contributed by atoms with Gasteiger partial charge in [0.1, 0.15) is 0 Å². The number of anilines is 2. The molecule has 0 aliphatic rings. The fraction of sp³-hybridized carbons (Fsp3) is 0.273. The lowest BCUT2D eigenvalue weighted by molar-refractivity contribution is 0.516. The third kappa shape index (κ3) is 2.52. The predicted molar refractivity (Wildman–Crippen MR) is 63.2 cm³/mol. The molecule has 84 valence electrons. The Labute approximate surface area is 98.6 Å². The first-order valence-corrected chi connectivity index (χ1v) is 5.54. The maximum atomic E-state index is 5.58. The lowest BCUT2D eigenvalue weighted by Crippen LogP contribution is -1.92. The van der Waals surface area contributed by atoms with Crippen molar-refractivity contribution < 1.29 is 4.42 Å². The Morgan fingerprint density at radius 3 is 2.88 bits per heavy atom.